The molecule has 0 unspecified atom stereocenters. The molecule has 2 saturated heterocycles. The minimum atomic E-state index is -3.45. The number of benzene rings is 1. The summed E-state index contributed by atoms with van der Waals surface area (Å²) in [4.78, 5) is 15.3. The molecule has 1 N–H and O–H groups in total. The van der Waals surface area contributed by atoms with Gasteiger partial charge in [0.2, 0.25) is 15.9 Å². The molecule has 8 heteroatoms. The molecule has 1 aromatic heterocycles. The number of carbonyl (C=O) groups excluding carboxylic acids is 1. The van der Waals surface area contributed by atoms with Crippen molar-refractivity contribution in [3.8, 4) is 0 Å². The van der Waals surface area contributed by atoms with Crippen LogP contribution in [0.25, 0.3) is 10.9 Å². The molecule has 2 aromatic rings. The lowest BCUT2D eigenvalue weighted by Crippen LogP contribution is -2.39. The highest BCUT2D eigenvalue weighted by Crippen LogP contribution is 2.25. The van der Waals surface area contributed by atoms with Gasteiger partial charge >= 0.3 is 0 Å². The predicted molar refractivity (Wildman–Crippen MR) is 127 cm³/mol. The highest BCUT2D eigenvalue weighted by atomic mass is 32.2. The van der Waals surface area contributed by atoms with Crippen LogP contribution in [0.15, 0.2) is 35.4 Å². The smallest absolute Gasteiger partial charge is 0.243 e. The summed E-state index contributed by atoms with van der Waals surface area (Å²) in [5.41, 5.74) is 0.875. The van der Waals surface area contributed by atoms with Gasteiger partial charge in [0, 0.05) is 49.3 Å². The van der Waals surface area contributed by atoms with Gasteiger partial charge in [0.25, 0.3) is 0 Å². The summed E-state index contributed by atoms with van der Waals surface area (Å²) in [6.45, 7) is 6.60. The van der Waals surface area contributed by atoms with E-state index in [1.54, 1.807) is 16.4 Å². The van der Waals surface area contributed by atoms with E-state index >= 15 is 0 Å². The van der Waals surface area contributed by atoms with Crippen molar-refractivity contribution in [1.29, 1.82) is 0 Å². The number of carbonyl (C=O) groups is 1. The maximum Gasteiger partial charge on any atom is 0.243 e. The first kappa shape index (κ1) is 23.3. The number of fused-ring (bicyclic) bond motifs is 1. The molecule has 0 aliphatic carbocycles. The zero-order valence-electron chi connectivity index (χ0n) is 19.1. The lowest BCUT2D eigenvalue weighted by molar-refractivity contribution is -0.121. The Morgan fingerprint density at radius 1 is 1.06 bits per heavy atom. The van der Waals surface area contributed by atoms with Crippen LogP contribution >= 0.6 is 0 Å². The Bertz CT molecular complexity index is 1030. The number of rotatable bonds is 8. The Kier molecular flexibility index (Phi) is 7.53. The number of hydrogen-bond donors (Lipinski definition) is 1. The van der Waals surface area contributed by atoms with E-state index in [0.717, 1.165) is 43.1 Å². The van der Waals surface area contributed by atoms with Crippen LogP contribution in [0.5, 0.6) is 0 Å². The molecule has 4 rings (SSSR count). The standard InChI is InChI=1S/C24H36N4O3S/c1-20-8-3-6-13-26(20)14-7-12-25-24(29)19-27-17-11-21-18-22(9-10-23(21)27)32(30,31)28-15-4-2-5-16-28/h9-11,17-18,20H,2-8,12-16,19H2,1H3,(H,25,29)/t20-/m1/s1. The normalized spacial score (nSPS) is 21.1. The average Bonchev–Trinajstić information content (AvgIpc) is 3.20. The third-order valence-corrected chi connectivity index (χ3v) is 8.79. The van der Waals surface area contributed by atoms with Crippen LogP contribution < -0.4 is 5.32 Å². The number of amides is 1. The largest absolute Gasteiger partial charge is 0.355 e. The molecule has 0 saturated carbocycles. The molecule has 2 fully saturated rings. The van der Waals surface area contributed by atoms with Crippen molar-refractivity contribution in [3.05, 3.63) is 30.5 Å². The van der Waals surface area contributed by atoms with Gasteiger partial charge in [-0.05, 0) is 69.8 Å². The zero-order chi connectivity index (χ0) is 22.6. The second-order valence-electron chi connectivity index (χ2n) is 9.21. The number of piperidine rings is 2. The summed E-state index contributed by atoms with van der Waals surface area (Å²) >= 11 is 0. The third-order valence-electron chi connectivity index (χ3n) is 6.89. The zero-order valence-corrected chi connectivity index (χ0v) is 19.9. The third kappa shape index (κ3) is 5.35. The van der Waals surface area contributed by atoms with Crippen molar-refractivity contribution in [2.75, 3.05) is 32.7 Å². The van der Waals surface area contributed by atoms with Crippen molar-refractivity contribution in [2.24, 2.45) is 0 Å². The van der Waals surface area contributed by atoms with Crippen LogP contribution in [-0.2, 0) is 21.4 Å². The van der Waals surface area contributed by atoms with Crippen molar-refractivity contribution in [1.82, 2.24) is 19.1 Å². The highest BCUT2D eigenvalue weighted by Gasteiger charge is 2.26. The molecular formula is C24H36N4O3S. The fourth-order valence-electron chi connectivity index (χ4n) is 4.94. The van der Waals surface area contributed by atoms with Crippen molar-refractivity contribution in [2.45, 2.75) is 69.4 Å². The van der Waals surface area contributed by atoms with Gasteiger partial charge in [0.15, 0.2) is 0 Å². The van der Waals surface area contributed by atoms with Crippen LogP contribution in [0.4, 0.5) is 0 Å². The Labute approximate surface area is 191 Å². The SMILES string of the molecule is C[C@@H]1CCCCN1CCCNC(=O)Cn1ccc2cc(S(=O)(=O)N3CCCCC3)ccc21. The quantitative estimate of drug-likeness (QED) is 0.614. The molecule has 176 valence electrons. The van der Waals surface area contributed by atoms with Crippen molar-refractivity contribution < 1.29 is 13.2 Å². The minimum absolute atomic E-state index is 0.0146. The number of nitrogens with zero attached hydrogens (tertiary/aromatic N) is 3. The number of sulfonamides is 1. The molecule has 1 atom stereocenters. The molecule has 2 aliphatic heterocycles. The fraction of sp³-hybridized carbons (Fsp3) is 0.625. The first-order chi connectivity index (χ1) is 15.4. The van der Waals surface area contributed by atoms with E-state index in [9.17, 15) is 13.2 Å². The lowest BCUT2D eigenvalue weighted by atomic mass is 10.0. The van der Waals surface area contributed by atoms with Gasteiger partial charge in [0.05, 0.1) is 4.90 Å². The van der Waals surface area contributed by atoms with Crippen LogP contribution in [0.2, 0.25) is 0 Å². The molecule has 7 nitrogen and oxygen atoms in total. The van der Waals surface area contributed by atoms with E-state index < -0.39 is 10.0 Å². The van der Waals surface area contributed by atoms with Gasteiger partial charge in [0.1, 0.15) is 6.54 Å². The highest BCUT2D eigenvalue weighted by molar-refractivity contribution is 7.89. The first-order valence-electron chi connectivity index (χ1n) is 12.0. The van der Waals surface area contributed by atoms with E-state index in [1.165, 1.54) is 25.8 Å². The van der Waals surface area contributed by atoms with E-state index in [-0.39, 0.29) is 12.5 Å². The Morgan fingerprint density at radius 3 is 2.62 bits per heavy atom. The minimum Gasteiger partial charge on any atom is -0.355 e. The second-order valence-corrected chi connectivity index (χ2v) is 11.2. The van der Waals surface area contributed by atoms with E-state index in [1.807, 2.05) is 22.9 Å². The molecule has 1 amide bonds. The van der Waals surface area contributed by atoms with Crippen molar-refractivity contribution in [3.63, 3.8) is 0 Å². The number of likely N-dealkylation sites (tertiary alicyclic amines) is 1. The van der Waals surface area contributed by atoms with Crippen LogP contribution in [0, 0.1) is 0 Å². The van der Waals surface area contributed by atoms with Crippen LogP contribution in [0.1, 0.15) is 51.9 Å². The Morgan fingerprint density at radius 2 is 1.84 bits per heavy atom. The van der Waals surface area contributed by atoms with Gasteiger partial charge in [-0.25, -0.2) is 8.42 Å². The Hall–Kier alpha value is -1.90. The molecule has 32 heavy (non-hydrogen) atoms. The van der Waals surface area contributed by atoms with Gasteiger partial charge in [-0.3, -0.25) is 4.79 Å². The summed E-state index contributed by atoms with van der Waals surface area (Å²) in [6.07, 6.45) is 9.62. The average molecular weight is 461 g/mol. The van der Waals surface area contributed by atoms with E-state index in [0.29, 0.717) is 30.6 Å². The topological polar surface area (TPSA) is 74.6 Å². The molecular weight excluding hydrogens is 424 g/mol. The van der Waals surface area contributed by atoms with Gasteiger partial charge in [-0.1, -0.05) is 12.8 Å². The molecule has 0 bridgehead atoms. The second kappa shape index (κ2) is 10.4. The van der Waals surface area contributed by atoms with Gasteiger partial charge < -0.3 is 14.8 Å². The summed E-state index contributed by atoms with van der Waals surface area (Å²) in [7, 11) is -3.45. The fourth-order valence-corrected chi connectivity index (χ4v) is 6.49. The van der Waals surface area contributed by atoms with E-state index in [2.05, 4.69) is 17.1 Å². The maximum absolute atomic E-state index is 12.9. The molecule has 0 radical (unpaired) electrons. The number of hydrogen-bond acceptors (Lipinski definition) is 4. The van der Waals surface area contributed by atoms with Crippen molar-refractivity contribution >= 4 is 26.8 Å². The summed E-state index contributed by atoms with van der Waals surface area (Å²) in [5.74, 6) is -0.0146. The van der Waals surface area contributed by atoms with Gasteiger partial charge in [-0.2, -0.15) is 4.31 Å². The molecule has 2 aliphatic rings. The van der Waals surface area contributed by atoms with Crippen LogP contribution in [0.3, 0.4) is 0 Å². The first-order valence-corrected chi connectivity index (χ1v) is 13.5. The summed E-state index contributed by atoms with van der Waals surface area (Å²) in [6, 6.07) is 7.75. The number of nitrogens with one attached hydrogen (secondary N) is 1. The summed E-state index contributed by atoms with van der Waals surface area (Å²) < 4.78 is 29.4. The lowest BCUT2D eigenvalue weighted by Gasteiger charge is -2.33. The molecule has 0 spiro atoms. The maximum atomic E-state index is 12.9. The Balaban J connectivity index is 1.32. The summed E-state index contributed by atoms with van der Waals surface area (Å²) in [5, 5.41) is 3.87. The van der Waals surface area contributed by atoms with E-state index in [4.69, 9.17) is 0 Å². The molecule has 1 aromatic carbocycles. The number of aromatic nitrogens is 1. The molecule has 3 heterocycles. The monoisotopic (exact) mass is 460 g/mol. The van der Waals surface area contributed by atoms with Gasteiger partial charge in [-0.15, -0.1) is 0 Å². The predicted octanol–water partition coefficient (Wildman–Crippen LogP) is 3.20. The van der Waals surface area contributed by atoms with Crippen LogP contribution in [-0.4, -0.2) is 66.9 Å².